The molecule has 0 fully saturated rings. The van der Waals surface area contributed by atoms with Gasteiger partial charge in [0.1, 0.15) is 22.3 Å². The average molecular weight is 366 g/mol. The Hall–Kier alpha value is -1.54. The van der Waals surface area contributed by atoms with Crippen molar-refractivity contribution in [2.45, 2.75) is 4.90 Å². The molecular weight excluding hydrogens is 359 g/mol. The van der Waals surface area contributed by atoms with E-state index in [0.29, 0.717) is 6.07 Å². The fourth-order valence-electron chi connectivity index (χ4n) is 1.47. The Morgan fingerprint density at radius 1 is 0.950 bits per heavy atom. The molecule has 0 amide bonds. The van der Waals surface area contributed by atoms with Crippen LogP contribution < -0.4 is 4.72 Å². The molecule has 0 bridgehead atoms. The first-order chi connectivity index (χ1) is 9.29. The van der Waals surface area contributed by atoms with Crippen LogP contribution in [0.15, 0.2) is 45.8 Å². The molecule has 0 aliphatic carbocycles. The fraction of sp³-hybridized carbons (Fsp3) is 0. The molecule has 0 unspecified atom stereocenters. The van der Waals surface area contributed by atoms with Crippen molar-refractivity contribution in [3.63, 3.8) is 0 Å². The van der Waals surface area contributed by atoms with Gasteiger partial charge in [-0.25, -0.2) is 21.6 Å². The summed E-state index contributed by atoms with van der Waals surface area (Å²) in [5, 5.41) is 0. The lowest BCUT2D eigenvalue weighted by Crippen LogP contribution is -2.15. The lowest BCUT2D eigenvalue weighted by molar-refractivity contribution is 0.551. The first-order valence-electron chi connectivity index (χ1n) is 5.22. The monoisotopic (exact) mass is 365 g/mol. The molecule has 0 aliphatic heterocycles. The van der Waals surface area contributed by atoms with E-state index in [4.69, 9.17) is 0 Å². The second-order valence-corrected chi connectivity index (χ2v) is 6.31. The van der Waals surface area contributed by atoms with Crippen LogP contribution in [0.4, 0.5) is 18.9 Å². The van der Waals surface area contributed by atoms with E-state index >= 15 is 0 Å². The Labute approximate surface area is 121 Å². The summed E-state index contributed by atoms with van der Waals surface area (Å²) in [6, 6.07) is 5.39. The zero-order valence-electron chi connectivity index (χ0n) is 9.70. The van der Waals surface area contributed by atoms with Crippen molar-refractivity contribution in [3.8, 4) is 0 Å². The van der Waals surface area contributed by atoms with E-state index in [9.17, 15) is 21.6 Å². The molecule has 3 nitrogen and oxygen atoms in total. The SMILES string of the molecule is O=S(=O)(Nc1ccc(F)cc1Br)c1ccc(F)cc1F. The van der Waals surface area contributed by atoms with Crippen LogP contribution in [0, 0.1) is 17.5 Å². The number of benzene rings is 2. The third kappa shape index (κ3) is 3.13. The minimum Gasteiger partial charge on any atom is -0.278 e. The third-order valence-corrected chi connectivity index (χ3v) is 4.41. The van der Waals surface area contributed by atoms with E-state index in [1.807, 2.05) is 0 Å². The van der Waals surface area contributed by atoms with Gasteiger partial charge >= 0.3 is 0 Å². The van der Waals surface area contributed by atoms with Gasteiger partial charge in [-0.3, -0.25) is 4.72 Å². The predicted octanol–water partition coefficient (Wildman–Crippen LogP) is 3.67. The molecule has 0 saturated carbocycles. The second kappa shape index (κ2) is 5.45. The molecule has 0 aromatic heterocycles. The van der Waals surface area contributed by atoms with Gasteiger partial charge in [-0.2, -0.15) is 0 Å². The number of halogens is 4. The van der Waals surface area contributed by atoms with Crippen molar-refractivity contribution in [3.05, 3.63) is 58.3 Å². The molecular formula is C12H7BrF3NO2S. The summed E-state index contributed by atoms with van der Waals surface area (Å²) in [7, 11) is -4.24. The van der Waals surface area contributed by atoms with E-state index in [-0.39, 0.29) is 10.2 Å². The molecule has 0 atom stereocenters. The van der Waals surface area contributed by atoms with Crippen LogP contribution >= 0.6 is 15.9 Å². The smallest absolute Gasteiger partial charge is 0.264 e. The Morgan fingerprint density at radius 3 is 2.15 bits per heavy atom. The minimum absolute atomic E-state index is 0.0372. The van der Waals surface area contributed by atoms with Gasteiger partial charge in [0.25, 0.3) is 10.0 Å². The summed E-state index contributed by atoms with van der Waals surface area (Å²) in [6.07, 6.45) is 0. The van der Waals surface area contributed by atoms with Crippen LogP contribution in [0.1, 0.15) is 0 Å². The van der Waals surface area contributed by atoms with Crippen LogP contribution in [-0.2, 0) is 10.0 Å². The summed E-state index contributed by atoms with van der Waals surface area (Å²) in [4.78, 5) is -0.699. The van der Waals surface area contributed by atoms with Crippen molar-refractivity contribution in [2.24, 2.45) is 0 Å². The molecule has 0 aliphatic rings. The van der Waals surface area contributed by atoms with Crippen LogP contribution in [0.3, 0.4) is 0 Å². The zero-order chi connectivity index (χ0) is 14.9. The quantitative estimate of drug-likeness (QED) is 0.901. The van der Waals surface area contributed by atoms with Gasteiger partial charge in [-0.15, -0.1) is 0 Å². The van der Waals surface area contributed by atoms with E-state index in [2.05, 4.69) is 20.7 Å². The number of hydrogen-bond acceptors (Lipinski definition) is 2. The predicted molar refractivity (Wildman–Crippen MR) is 71.3 cm³/mol. The number of rotatable bonds is 3. The molecule has 2 rings (SSSR count). The van der Waals surface area contributed by atoms with Crippen LogP contribution in [0.5, 0.6) is 0 Å². The van der Waals surface area contributed by atoms with E-state index in [1.54, 1.807) is 0 Å². The van der Waals surface area contributed by atoms with Gasteiger partial charge in [0.15, 0.2) is 0 Å². The van der Waals surface area contributed by atoms with Crippen molar-refractivity contribution in [1.29, 1.82) is 0 Å². The summed E-state index contributed by atoms with van der Waals surface area (Å²) < 4.78 is 65.4. The molecule has 2 aromatic rings. The Morgan fingerprint density at radius 2 is 1.55 bits per heavy atom. The minimum atomic E-state index is -4.24. The molecule has 20 heavy (non-hydrogen) atoms. The van der Waals surface area contributed by atoms with Crippen molar-refractivity contribution in [1.82, 2.24) is 0 Å². The van der Waals surface area contributed by atoms with Crippen molar-refractivity contribution < 1.29 is 21.6 Å². The molecule has 106 valence electrons. The normalized spacial score (nSPS) is 11.4. The van der Waals surface area contributed by atoms with Gasteiger partial charge in [-0.1, -0.05) is 0 Å². The standard InChI is InChI=1S/C12H7BrF3NO2S/c13-9-5-7(14)1-3-11(9)17-20(18,19)12-4-2-8(15)6-10(12)16/h1-6,17H. The lowest BCUT2D eigenvalue weighted by Gasteiger charge is -2.10. The fourth-order valence-corrected chi connectivity index (χ4v) is 3.19. The van der Waals surface area contributed by atoms with Gasteiger partial charge in [-0.05, 0) is 46.3 Å². The Bertz CT molecular complexity index is 765. The average Bonchev–Trinajstić information content (AvgIpc) is 2.32. The lowest BCUT2D eigenvalue weighted by atomic mass is 10.3. The third-order valence-electron chi connectivity index (χ3n) is 2.36. The largest absolute Gasteiger partial charge is 0.278 e. The van der Waals surface area contributed by atoms with E-state index < -0.39 is 32.4 Å². The van der Waals surface area contributed by atoms with Gasteiger partial charge in [0.05, 0.1) is 5.69 Å². The number of hydrogen-bond donors (Lipinski definition) is 1. The molecule has 8 heteroatoms. The van der Waals surface area contributed by atoms with E-state index in [1.165, 1.54) is 6.07 Å². The highest BCUT2D eigenvalue weighted by Crippen LogP contribution is 2.26. The first-order valence-corrected chi connectivity index (χ1v) is 7.50. The molecule has 0 saturated heterocycles. The molecule has 1 N–H and O–H groups in total. The zero-order valence-corrected chi connectivity index (χ0v) is 12.1. The Balaban J connectivity index is 2.41. The summed E-state index contributed by atoms with van der Waals surface area (Å²) in [5.74, 6) is -2.66. The molecule has 0 heterocycles. The summed E-state index contributed by atoms with van der Waals surface area (Å²) >= 11 is 2.98. The van der Waals surface area contributed by atoms with Gasteiger partial charge in [0, 0.05) is 10.5 Å². The Kier molecular flexibility index (Phi) is 4.05. The van der Waals surface area contributed by atoms with E-state index in [0.717, 1.165) is 24.3 Å². The maximum absolute atomic E-state index is 13.5. The summed E-state index contributed by atoms with van der Waals surface area (Å²) in [5.41, 5.74) is 0.0372. The molecule has 0 spiro atoms. The van der Waals surface area contributed by atoms with Crippen molar-refractivity contribution >= 4 is 31.6 Å². The van der Waals surface area contributed by atoms with Crippen LogP contribution in [0.2, 0.25) is 0 Å². The number of nitrogens with one attached hydrogen (secondary N) is 1. The van der Waals surface area contributed by atoms with Crippen molar-refractivity contribution in [2.75, 3.05) is 4.72 Å². The van der Waals surface area contributed by atoms with Gasteiger partial charge < -0.3 is 0 Å². The first kappa shape index (κ1) is 14.9. The summed E-state index contributed by atoms with van der Waals surface area (Å²) in [6.45, 7) is 0. The second-order valence-electron chi connectivity index (χ2n) is 3.80. The topological polar surface area (TPSA) is 46.2 Å². The van der Waals surface area contributed by atoms with Crippen LogP contribution in [-0.4, -0.2) is 8.42 Å². The maximum Gasteiger partial charge on any atom is 0.264 e. The highest BCUT2D eigenvalue weighted by Gasteiger charge is 2.20. The molecule has 0 radical (unpaired) electrons. The highest BCUT2D eigenvalue weighted by atomic mass is 79.9. The number of sulfonamides is 1. The highest BCUT2D eigenvalue weighted by molar-refractivity contribution is 9.10. The maximum atomic E-state index is 13.5. The van der Waals surface area contributed by atoms with Crippen LogP contribution in [0.25, 0.3) is 0 Å². The molecule has 2 aromatic carbocycles. The van der Waals surface area contributed by atoms with Gasteiger partial charge in [0.2, 0.25) is 0 Å². The number of anilines is 1.